The van der Waals surface area contributed by atoms with E-state index in [4.69, 9.17) is 16.3 Å². The van der Waals surface area contributed by atoms with Gasteiger partial charge < -0.3 is 10.1 Å². The summed E-state index contributed by atoms with van der Waals surface area (Å²) in [6, 6.07) is 15.9. The zero-order valence-corrected chi connectivity index (χ0v) is 16.7. The zero-order chi connectivity index (χ0) is 21.0. The molecule has 1 amide bonds. The highest BCUT2D eigenvalue weighted by molar-refractivity contribution is 7.92. The second-order valence-electron chi connectivity index (χ2n) is 5.92. The van der Waals surface area contributed by atoms with Crippen LogP contribution in [0.1, 0.15) is 10.4 Å². The van der Waals surface area contributed by atoms with Gasteiger partial charge >= 0.3 is 0 Å². The Hall–Kier alpha value is -3.10. The topological polar surface area (TPSA) is 84.5 Å². The van der Waals surface area contributed by atoms with E-state index in [1.54, 1.807) is 30.3 Å². The van der Waals surface area contributed by atoms with Crippen LogP contribution in [0.5, 0.6) is 5.75 Å². The van der Waals surface area contributed by atoms with Crippen molar-refractivity contribution in [2.75, 3.05) is 17.1 Å². The molecule has 29 heavy (non-hydrogen) atoms. The molecule has 0 radical (unpaired) electrons. The van der Waals surface area contributed by atoms with Gasteiger partial charge in [-0.05, 0) is 48.5 Å². The van der Waals surface area contributed by atoms with Gasteiger partial charge in [0.1, 0.15) is 11.6 Å². The molecule has 0 unspecified atom stereocenters. The van der Waals surface area contributed by atoms with Crippen molar-refractivity contribution in [3.05, 3.63) is 83.1 Å². The van der Waals surface area contributed by atoms with Gasteiger partial charge in [-0.25, -0.2) is 12.8 Å². The number of halogens is 2. The lowest BCUT2D eigenvalue weighted by Gasteiger charge is -2.13. The molecule has 2 N–H and O–H groups in total. The second-order valence-corrected chi connectivity index (χ2v) is 8.01. The molecule has 9 heteroatoms. The molecule has 150 valence electrons. The molecule has 0 aromatic heterocycles. The Morgan fingerprint density at radius 2 is 1.76 bits per heavy atom. The van der Waals surface area contributed by atoms with Gasteiger partial charge in [0.25, 0.3) is 15.9 Å². The highest BCUT2D eigenvalue weighted by Gasteiger charge is 2.19. The van der Waals surface area contributed by atoms with E-state index in [2.05, 4.69) is 10.0 Å². The number of carbonyl (C=O) groups excluding carboxylic acids is 1. The lowest BCUT2D eigenvalue weighted by molar-refractivity contribution is 0.102. The number of carbonyl (C=O) groups is 1. The van der Waals surface area contributed by atoms with Gasteiger partial charge in [0.05, 0.1) is 28.4 Å². The lowest BCUT2D eigenvalue weighted by atomic mass is 10.2. The van der Waals surface area contributed by atoms with Crippen LogP contribution in [0.3, 0.4) is 0 Å². The fourth-order valence-electron chi connectivity index (χ4n) is 2.51. The molecule has 0 saturated heterocycles. The molecule has 0 aliphatic heterocycles. The van der Waals surface area contributed by atoms with Crippen LogP contribution in [0.2, 0.25) is 5.02 Å². The number of anilines is 2. The number of sulfonamides is 1. The standard InChI is InChI=1S/C20H16ClFN2O4S/c1-28-19-10-8-15(12-18(19)23-20(25)13-5-3-2-4-6-13)29(26,27)24-14-7-9-17(22)16(21)11-14/h2-12,24H,1H3,(H,23,25). The van der Waals surface area contributed by atoms with Crippen LogP contribution in [0.15, 0.2) is 71.6 Å². The van der Waals surface area contributed by atoms with E-state index in [1.165, 1.54) is 31.4 Å². The summed E-state index contributed by atoms with van der Waals surface area (Å²) in [6.45, 7) is 0. The van der Waals surface area contributed by atoms with Crippen molar-refractivity contribution in [1.29, 1.82) is 0 Å². The number of ether oxygens (including phenoxy) is 1. The number of amides is 1. The average molecular weight is 435 g/mol. The molecule has 0 bridgehead atoms. The summed E-state index contributed by atoms with van der Waals surface area (Å²) >= 11 is 5.70. The molecule has 0 atom stereocenters. The van der Waals surface area contributed by atoms with Gasteiger partial charge in [-0.2, -0.15) is 0 Å². The Kier molecular flexibility index (Phi) is 6.05. The van der Waals surface area contributed by atoms with Gasteiger partial charge in [0.15, 0.2) is 0 Å². The molecule has 0 aliphatic carbocycles. The molecule has 6 nitrogen and oxygen atoms in total. The predicted octanol–water partition coefficient (Wildman–Crippen LogP) is 4.54. The van der Waals surface area contributed by atoms with Gasteiger partial charge in [0, 0.05) is 5.56 Å². The summed E-state index contributed by atoms with van der Waals surface area (Å²) in [6.07, 6.45) is 0. The molecule has 0 heterocycles. The number of methoxy groups -OCH3 is 1. The van der Waals surface area contributed by atoms with Crippen molar-refractivity contribution in [3.63, 3.8) is 0 Å². The van der Waals surface area contributed by atoms with Crippen molar-refractivity contribution >= 4 is 38.9 Å². The third-order valence-corrected chi connectivity index (χ3v) is 5.61. The molecule has 0 aliphatic rings. The minimum atomic E-state index is -4.03. The van der Waals surface area contributed by atoms with Crippen LogP contribution in [0.25, 0.3) is 0 Å². The Bertz CT molecular complexity index is 1150. The molecular formula is C20H16ClFN2O4S. The van der Waals surface area contributed by atoms with Crippen LogP contribution in [0.4, 0.5) is 15.8 Å². The smallest absolute Gasteiger partial charge is 0.261 e. The summed E-state index contributed by atoms with van der Waals surface area (Å²) in [5, 5.41) is 2.43. The summed E-state index contributed by atoms with van der Waals surface area (Å²) < 4.78 is 46.2. The van der Waals surface area contributed by atoms with E-state index in [-0.39, 0.29) is 27.0 Å². The normalized spacial score (nSPS) is 11.0. The molecular weight excluding hydrogens is 419 g/mol. The SMILES string of the molecule is COc1ccc(S(=O)(=O)Nc2ccc(F)c(Cl)c2)cc1NC(=O)c1ccccc1. The number of rotatable bonds is 6. The summed E-state index contributed by atoms with van der Waals surface area (Å²) in [4.78, 5) is 12.3. The van der Waals surface area contributed by atoms with Crippen molar-refractivity contribution < 1.29 is 22.3 Å². The van der Waals surface area contributed by atoms with Gasteiger partial charge in [-0.15, -0.1) is 0 Å². The largest absolute Gasteiger partial charge is 0.495 e. The van der Waals surface area contributed by atoms with Crippen LogP contribution >= 0.6 is 11.6 Å². The van der Waals surface area contributed by atoms with Crippen LogP contribution in [-0.4, -0.2) is 21.4 Å². The van der Waals surface area contributed by atoms with E-state index in [0.29, 0.717) is 5.56 Å². The van der Waals surface area contributed by atoms with Crippen molar-refractivity contribution in [3.8, 4) is 5.75 Å². The maximum Gasteiger partial charge on any atom is 0.261 e. The Morgan fingerprint density at radius 3 is 2.41 bits per heavy atom. The maximum atomic E-state index is 13.3. The molecule has 3 rings (SSSR count). The molecule has 0 spiro atoms. The van der Waals surface area contributed by atoms with Crippen LogP contribution in [-0.2, 0) is 10.0 Å². The number of benzene rings is 3. The first kappa shape index (κ1) is 20.6. The van der Waals surface area contributed by atoms with Gasteiger partial charge in [0.2, 0.25) is 0 Å². The van der Waals surface area contributed by atoms with Crippen molar-refractivity contribution in [2.24, 2.45) is 0 Å². The lowest BCUT2D eigenvalue weighted by Crippen LogP contribution is -2.15. The molecule has 3 aromatic rings. The van der Waals surface area contributed by atoms with E-state index < -0.39 is 21.7 Å². The zero-order valence-electron chi connectivity index (χ0n) is 15.1. The van der Waals surface area contributed by atoms with Crippen LogP contribution < -0.4 is 14.8 Å². The van der Waals surface area contributed by atoms with Crippen molar-refractivity contribution in [1.82, 2.24) is 0 Å². The van der Waals surface area contributed by atoms with E-state index >= 15 is 0 Å². The second kappa shape index (κ2) is 8.50. The Morgan fingerprint density at radius 1 is 1.03 bits per heavy atom. The summed E-state index contributed by atoms with van der Waals surface area (Å²) in [5.74, 6) is -0.792. The molecule has 0 fully saturated rings. The first-order valence-electron chi connectivity index (χ1n) is 8.32. The first-order valence-corrected chi connectivity index (χ1v) is 10.2. The monoisotopic (exact) mass is 434 g/mol. The highest BCUT2D eigenvalue weighted by atomic mass is 35.5. The minimum absolute atomic E-state index is 0.0992. The first-order chi connectivity index (χ1) is 13.8. The summed E-state index contributed by atoms with van der Waals surface area (Å²) in [7, 11) is -2.63. The maximum absolute atomic E-state index is 13.3. The Balaban J connectivity index is 1.90. The minimum Gasteiger partial charge on any atom is -0.495 e. The van der Waals surface area contributed by atoms with Crippen molar-refractivity contribution in [2.45, 2.75) is 4.90 Å². The van der Waals surface area contributed by atoms with E-state index in [9.17, 15) is 17.6 Å². The highest BCUT2D eigenvalue weighted by Crippen LogP contribution is 2.29. The van der Waals surface area contributed by atoms with E-state index in [1.807, 2.05) is 0 Å². The Labute approximate surface area is 172 Å². The van der Waals surface area contributed by atoms with Crippen LogP contribution in [0, 0.1) is 5.82 Å². The number of hydrogen-bond donors (Lipinski definition) is 2. The third kappa shape index (κ3) is 4.85. The molecule has 3 aromatic carbocycles. The fourth-order valence-corrected chi connectivity index (χ4v) is 3.77. The predicted molar refractivity (Wildman–Crippen MR) is 110 cm³/mol. The number of nitrogens with one attached hydrogen (secondary N) is 2. The fraction of sp³-hybridized carbons (Fsp3) is 0.0500. The van der Waals surface area contributed by atoms with Gasteiger partial charge in [-0.1, -0.05) is 29.8 Å². The average Bonchev–Trinajstić information content (AvgIpc) is 2.71. The van der Waals surface area contributed by atoms with E-state index in [0.717, 1.165) is 12.1 Å². The quantitative estimate of drug-likeness (QED) is 0.596. The molecule has 0 saturated carbocycles. The van der Waals surface area contributed by atoms with Gasteiger partial charge in [-0.3, -0.25) is 9.52 Å². The summed E-state index contributed by atoms with van der Waals surface area (Å²) in [5.41, 5.74) is 0.686. The third-order valence-electron chi connectivity index (χ3n) is 3.94. The number of hydrogen-bond acceptors (Lipinski definition) is 4.